The number of benzene rings is 1. The maximum Gasteiger partial charge on any atom is 0.360 e. The molecule has 5 rings (SSSR count). The highest BCUT2D eigenvalue weighted by Crippen LogP contribution is 2.28. The number of fused-ring (bicyclic) bond motifs is 1. The zero-order chi connectivity index (χ0) is 23.1. The Morgan fingerprint density at radius 2 is 2.06 bits per heavy atom. The highest BCUT2D eigenvalue weighted by molar-refractivity contribution is 5.86. The molecule has 4 aromatic rings. The summed E-state index contributed by atoms with van der Waals surface area (Å²) in [6, 6.07) is 5.33. The van der Waals surface area contributed by atoms with Crippen molar-refractivity contribution in [1.82, 2.24) is 23.7 Å². The van der Waals surface area contributed by atoms with Gasteiger partial charge in [-0.15, -0.1) is 0 Å². The molecule has 1 saturated carbocycles. The predicted molar refractivity (Wildman–Crippen MR) is 114 cm³/mol. The third-order valence-electron chi connectivity index (χ3n) is 5.86. The van der Waals surface area contributed by atoms with Gasteiger partial charge >= 0.3 is 11.7 Å². The molecular weight excluding hydrogens is 433 g/mol. The fraction of sp³-hybridized carbons (Fsp3) is 0.318. The number of ether oxygens (including phenoxy) is 1. The molecule has 0 spiro atoms. The predicted octanol–water partition coefficient (Wildman–Crippen LogP) is 2.43. The van der Waals surface area contributed by atoms with Gasteiger partial charge in [-0.05, 0) is 31.0 Å². The van der Waals surface area contributed by atoms with Crippen LogP contribution in [0.3, 0.4) is 0 Å². The van der Waals surface area contributed by atoms with Gasteiger partial charge in [0, 0.05) is 6.04 Å². The van der Waals surface area contributed by atoms with Crippen molar-refractivity contribution in [1.29, 1.82) is 0 Å². The van der Waals surface area contributed by atoms with Crippen LogP contribution in [-0.2, 0) is 11.3 Å². The lowest BCUT2D eigenvalue weighted by Gasteiger charge is -2.16. The summed E-state index contributed by atoms with van der Waals surface area (Å²) in [5, 5.41) is 0. The Morgan fingerprint density at radius 3 is 2.79 bits per heavy atom. The molecule has 0 saturated heterocycles. The van der Waals surface area contributed by atoms with E-state index in [0.717, 1.165) is 12.8 Å². The average Bonchev–Trinajstić information content (AvgIpc) is 3.56. The monoisotopic (exact) mass is 453 g/mol. The van der Waals surface area contributed by atoms with Gasteiger partial charge in [-0.25, -0.2) is 28.5 Å². The van der Waals surface area contributed by atoms with E-state index in [9.17, 15) is 18.8 Å². The summed E-state index contributed by atoms with van der Waals surface area (Å²) in [6.07, 6.45) is 5.81. The summed E-state index contributed by atoms with van der Waals surface area (Å²) >= 11 is 0. The molecule has 3 aromatic heterocycles. The molecule has 33 heavy (non-hydrogen) atoms. The van der Waals surface area contributed by atoms with Crippen LogP contribution in [0.2, 0.25) is 0 Å². The molecule has 1 aromatic carbocycles. The molecular formula is C22H20FN5O5. The first-order valence-corrected chi connectivity index (χ1v) is 10.5. The minimum Gasteiger partial charge on any atom is -0.464 e. The zero-order valence-electron chi connectivity index (χ0n) is 17.7. The van der Waals surface area contributed by atoms with Crippen molar-refractivity contribution >= 4 is 17.1 Å². The summed E-state index contributed by atoms with van der Waals surface area (Å²) in [7, 11) is 1.23. The molecule has 0 atom stereocenters. The number of oxazole rings is 1. The number of nitrogens with zero attached hydrogens (tertiary/aromatic N) is 5. The van der Waals surface area contributed by atoms with E-state index in [0.29, 0.717) is 12.8 Å². The van der Waals surface area contributed by atoms with Crippen LogP contribution in [0, 0.1) is 5.82 Å². The third kappa shape index (κ3) is 3.55. The fourth-order valence-electron chi connectivity index (χ4n) is 4.33. The Hall–Kier alpha value is -4.02. The molecule has 1 fully saturated rings. The van der Waals surface area contributed by atoms with Crippen LogP contribution in [0.5, 0.6) is 0 Å². The summed E-state index contributed by atoms with van der Waals surface area (Å²) in [6.45, 7) is -0.00520. The van der Waals surface area contributed by atoms with E-state index in [-0.39, 0.29) is 41.0 Å². The number of aromatic nitrogens is 5. The van der Waals surface area contributed by atoms with Gasteiger partial charge in [-0.2, -0.15) is 0 Å². The lowest BCUT2D eigenvalue weighted by atomic mass is 10.2. The van der Waals surface area contributed by atoms with E-state index in [1.165, 1.54) is 51.6 Å². The van der Waals surface area contributed by atoms with Crippen molar-refractivity contribution in [2.75, 3.05) is 7.11 Å². The molecule has 10 nitrogen and oxygen atoms in total. The van der Waals surface area contributed by atoms with Gasteiger partial charge < -0.3 is 13.7 Å². The van der Waals surface area contributed by atoms with E-state index in [1.807, 2.05) is 0 Å². The van der Waals surface area contributed by atoms with Crippen LogP contribution < -0.4 is 11.2 Å². The number of halogens is 1. The number of carbonyl (C=O) groups excluding carboxylic acids is 1. The van der Waals surface area contributed by atoms with Crippen molar-refractivity contribution in [2.24, 2.45) is 0 Å². The average molecular weight is 453 g/mol. The molecule has 0 radical (unpaired) electrons. The number of hydrogen-bond acceptors (Lipinski definition) is 7. The van der Waals surface area contributed by atoms with Crippen LogP contribution in [0.4, 0.5) is 4.39 Å². The van der Waals surface area contributed by atoms with Crippen LogP contribution in [0.25, 0.3) is 16.9 Å². The quantitative estimate of drug-likeness (QED) is 0.426. The SMILES string of the molecule is COC(=O)c1coc(Cn2cnc3c2c(=O)n(C2CCCC2)c(=O)n3-c2cccc(F)c2)n1. The Morgan fingerprint density at radius 1 is 1.27 bits per heavy atom. The summed E-state index contributed by atoms with van der Waals surface area (Å²) in [4.78, 5) is 47.0. The molecule has 1 aliphatic carbocycles. The van der Waals surface area contributed by atoms with Gasteiger partial charge in [0.1, 0.15) is 18.6 Å². The number of carbonyl (C=O) groups is 1. The van der Waals surface area contributed by atoms with E-state index < -0.39 is 23.0 Å². The van der Waals surface area contributed by atoms with Crippen molar-refractivity contribution in [3.05, 3.63) is 75.1 Å². The number of hydrogen-bond donors (Lipinski definition) is 0. The second kappa shape index (κ2) is 8.15. The summed E-state index contributed by atoms with van der Waals surface area (Å²) < 4.78 is 28.0. The molecule has 0 unspecified atom stereocenters. The molecule has 3 heterocycles. The van der Waals surface area contributed by atoms with Crippen molar-refractivity contribution in [3.63, 3.8) is 0 Å². The largest absolute Gasteiger partial charge is 0.464 e. The minimum absolute atomic E-state index is 0.00282. The Kier molecular flexibility index (Phi) is 5.15. The van der Waals surface area contributed by atoms with Crippen molar-refractivity contribution in [3.8, 4) is 5.69 Å². The lowest BCUT2D eigenvalue weighted by Crippen LogP contribution is -2.41. The number of esters is 1. The summed E-state index contributed by atoms with van der Waals surface area (Å²) in [5.74, 6) is -1.00. The zero-order valence-corrected chi connectivity index (χ0v) is 17.7. The van der Waals surface area contributed by atoms with Crippen molar-refractivity contribution in [2.45, 2.75) is 38.3 Å². The molecule has 0 N–H and O–H groups in total. The second-order valence-electron chi connectivity index (χ2n) is 7.87. The molecule has 0 bridgehead atoms. The first kappa shape index (κ1) is 20.9. The normalized spacial score (nSPS) is 14.2. The van der Waals surface area contributed by atoms with Gasteiger partial charge in [-0.1, -0.05) is 18.9 Å². The van der Waals surface area contributed by atoms with Crippen LogP contribution in [-0.4, -0.2) is 36.7 Å². The van der Waals surface area contributed by atoms with Crippen LogP contribution >= 0.6 is 0 Å². The Labute approximate surface area is 185 Å². The van der Waals surface area contributed by atoms with Crippen molar-refractivity contribution < 1.29 is 18.3 Å². The Balaban J connectivity index is 1.71. The van der Waals surface area contributed by atoms with E-state index >= 15 is 0 Å². The van der Waals surface area contributed by atoms with E-state index in [2.05, 4.69) is 14.7 Å². The van der Waals surface area contributed by atoms with E-state index in [4.69, 9.17) is 4.42 Å². The maximum absolute atomic E-state index is 14.0. The fourth-order valence-corrected chi connectivity index (χ4v) is 4.33. The topological polar surface area (TPSA) is 114 Å². The van der Waals surface area contributed by atoms with Crippen LogP contribution in [0.15, 0.2) is 50.9 Å². The summed E-state index contributed by atoms with van der Waals surface area (Å²) in [5.41, 5.74) is -0.512. The highest BCUT2D eigenvalue weighted by Gasteiger charge is 2.26. The lowest BCUT2D eigenvalue weighted by molar-refractivity contribution is 0.0594. The maximum atomic E-state index is 14.0. The third-order valence-corrected chi connectivity index (χ3v) is 5.86. The number of imidazole rings is 1. The highest BCUT2D eigenvalue weighted by atomic mass is 19.1. The second-order valence-corrected chi connectivity index (χ2v) is 7.87. The molecule has 11 heteroatoms. The Bertz CT molecular complexity index is 1470. The first-order chi connectivity index (χ1) is 16.0. The van der Waals surface area contributed by atoms with Gasteiger partial charge in [0.15, 0.2) is 16.9 Å². The van der Waals surface area contributed by atoms with Gasteiger partial charge in [0.2, 0.25) is 5.89 Å². The van der Waals surface area contributed by atoms with Gasteiger partial charge in [-0.3, -0.25) is 9.36 Å². The van der Waals surface area contributed by atoms with E-state index in [1.54, 1.807) is 6.07 Å². The molecule has 0 aliphatic heterocycles. The molecule has 170 valence electrons. The standard InChI is InChI=1S/C22H20FN5O5/c1-32-21(30)16-11-33-17(25-16)10-26-12-24-19-18(26)20(29)28(14-6-2-3-7-14)22(31)27(19)15-8-4-5-13(23)9-15/h4-5,8-9,11-12,14H,2-3,6-7,10H2,1H3. The van der Waals surface area contributed by atoms with Gasteiger partial charge in [0.05, 0.1) is 19.1 Å². The minimum atomic E-state index is -0.649. The molecule has 1 aliphatic rings. The van der Waals surface area contributed by atoms with Crippen LogP contribution in [0.1, 0.15) is 48.1 Å². The van der Waals surface area contributed by atoms with Gasteiger partial charge in [0.25, 0.3) is 5.56 Å². The first-order valence-electron chi connectivity index (χ1n) is 10.5. The number of methoxy groups -OCH3 is 1. The smallest absolute Gasteiger partial charge is 0.360 e. The molecule has 0 amide bonds. The number of rotatable bonds is 5.